The summed E-state index contributed by atoms with van der Waals surface area (Å²) in [5.74, 6) is -0.842. The van der Waals surface area contributed by atoms with Crippen molar-refractivity contribution in [2.24, 2.45) is 5.73 Å². The highest BCUT2D eigenvalue weighted by Crippen LogP contribution is 2.43. The summed E-state index contributed by atoms with van der Waals surface area (Å²) >= 11 is 0. The molecule has 2 unspecified atom stereocenters. The van der Waals surface area contributed by atoms with Crippen LogP contribution in [0.4, 0.5) is 0 Å². The lowest BCUT2D eigenvalue weighted by atomic mass is 10.0. The normalized spacial score (nSPS) is 13.4. The highest BCUT2D eigenvalue weighted by Gasteiger charge is 2.26. The molecule has 0 aliphatic rings. The Kier molecular flexibility index (Phi) is 76.9. The molecular formula is C85H152NO8P. The van der Waals surface area contributed by atoms with Crippen molar-refractivity contribution in [1.29, 1.82) is 0 Å². The molecule has 550 valence electrons. The summed E-state index contributed by atoms with van der Waals surface area (Å²) in [7, 11) is -4.41. The smallest absolute Gasteiger partial charge is 0.462 e. The molecule has 0 radical (unpaired) electrons. The lowest BCUT2D eigenvalue weighted by Gasteiger charge is -2.19. The van der Waals surface area contributed by atoms with E-state index >= 15 is 0 Å². The Morgan fingerprint density at radius 1 is 0.326 bits per heavy atom. The number of carbonyl (C=O) groups excluding carboxylic acids is 2. The number of unbranched alkanes of at least 4 members (excludes halogenated alkanes) is 45. The summed E-state index contributed by atoms with van der Waals surface area (Å²) in [5.41, 5.74) is 5.41. The first-order valence-electron chi connectivity index (χ1n) is 40.4. The second-order valence-electron chi connectivity index (χ2n) is 26.9. The molecule has 0 aliphatic carbocycles. The zero-order valence-electron chi connectivity index (χ0n) is 62.1. The van der Waals surface area contributed by atoms with Crippen molar-refractivity contribution in [1.82, 2.24) is 0 Å². The number of phosphoric acid groups is 1. The molecule has 10 heteroatoms. The van der Waals surface area contributed by atoms with Crippen LogP contribution in [-0.2, 0) is 32.7 Å². The van der Waals surface area contributed by atoms with E-state index in [0.29, 0.717) is 6.42 Å². The number of esters is 2. The molecule has 0 aromatic heterocycles. The van der Waals surface area contributed by atoms with E-state index in [4.69, 9.17) is 24.3 Å². The first kappa shape index (κ1) is 91.7. The SMILES string of the molecule is CC/C=C\C/C=C\C/C=C\C/C=C\C/C=C\C/C=C\C/C=C\C/C=C\C/C=C\CCCCCCCC(=O)OC(COC(=O)CCCCCCCCCCCCCCCCCCCCCCCCCCCCCCCCCCCCCCCCCCC)COP(=O)(O)OCCN. The van der Waals surface area contributed by atoms with Gasteiger partial charge >= 0.3 is 19.8 Å². The van der Waals surface area contributed by atoms with Gasteiger partial charge in [0.1, 0.15) is 6.61 Å². The van der Waals surface area contributed by atoms with Gasteiger partial charge in [-0.05, 0) is 83.5 Å². The number of allylic oxidation sites excluding steroid dienone is 18. The summed E-state index contributed by atoms with van der Waals surface area (Å²) in [6, 6.07) is 0. The lowest BCUT2D eigenvalue weighted by Crippen LogP contribution is -2.29. The number of rotatable bonds is 76. The lowest BCUT2D eigenvalue weighted by molar-refractivity contribution is -0.161. The minimum atomic E-state index is -4.41. The van der Waals surface area contributed by atoms with E-state index in [1.807, 2.05) is 0 Å². The van der Waals surface area contributed by atoms with E-state index in [1.165, 1.54) is 244 Å². The second-order valence-corrected chi connectivity index (χ2v) is 28.4. The number of hydrogen-bond acceptors (Lipinski definition) is 8. The van der Waals surface area contributed by atoms with Gasteiger partial charge in [0.05, 0.1) is 13.2 Å². The molecule has 0 bridgehead atoms. The van der Waals surface area contributed by atoms with Gasteiger partial charge in [-0.25, -0.2) is 4.57 Å². The van der Waals surface area contributed by atoms with Crippen LogP contribution in [0.5, 0.6) is 0 Å². The molecule has 0 spiro atoms. The predicted octanol–water partition coefficient (Wildman–Crippen LogP) is 27.2. The molecule has 2 atom stereocenters. The van der Waals surface area contributed by atoms with Gasteiger partial charge in [0.2, 0.25) is 0 Å². The van der Waals surface area contributed by atoms with E-state index in [9.17, 15) is 19.0 Å². The maximum absolute atomic E-state index is 12.8. The monoisotopic (exact) mass is 1350 g/mol. The van der Waals surface area contributed by atoms with Crippen LogP contribution in [0.2, 0.25) is 0 Å². The molecule has 9 nitrogen and oxygen atoms in total. The van der Waals surface area contributed by atoms with Crippen molar-refractivity contribution in [3.8, 4) is 0 Å². The van der Waals surface area contributed by atoms with Gasteiger partial charge in [-0.15, -0.1) is 0 Å². The highest BCUT2D eigenvalue weighted by molar-refractivity contribution is 7.47. The Hall–Kier alpha value is -3.33. The molecule has 3 N–H and O–H groups in total. The van der Waals surface area contributed by atoms with Gasteiger partial charge in [-0.2, -0.15) is 0 Å². The first-order chi connectivity index (χ1) is 46.8. The van der Waals surface area contributed by atoms with Gasteiger partial charge in [0.15, 0.2) is 6.10 Å². The first-order valence-corrected chi connectivity index (χ1v) is 41.9. The average molecular weight is 1350 g/mol. The van der Waals surface area contributed by atoms with E-state index in [0.717, 1.165) is 109 Å². The molecule has 0 aliphatic heterocycles. The van der Waals surface area contributed by atoms with Crippen LogP contribution >= 0.6 is 7.82 Å². The minimum absolute atomic E-state index is 0.0460. The molecule has 0 heterocycles. The second kappa shape index (κ2) is 79.7. The fourth-order valence-electron chi connectivity index (χ4n) is 11.8. The highest BCUT2D eigenvalue weighted by atomic mass is 31.2. The van der Waals surface area contributed by atoms with Gasteiger partial charge in [0.25, 0.3) is 0 Å². The van der Waals surface area contributed by atoms with Crippen molar-refractivity contribution < 1.29 is 37.6 Å². The van der Waals surface area contributed by atoms with Crippen molar-refractivity contribution in [2.75, 3.05) is 26.4 Å². The minimum Gasteiger partial charge on any atom is -0.462 e. The third kappa shape index (κ3) is 79.5. The van der Waals surface area contributed by atoms with Crippen LogP contribution < -0.4 is 5.73 Å². The summed E-state index contributed by atoms with van der Waals surface area (Å²) in [4.78, 5) is 35.4. The molecule has 0 rings (SSSR count). The van der Waals surface area contributed by atoms with Gasteiger partial charge in [-0.3, -0.25) is 18.6 Å². The maximum atomic E-state index is 12.8. The van der Waals surface area contributed by atoms with Crippen LogP contribution in [0.25, 0.3) is 0 Å². The van der Waals surface area contributed by atoms with Gasteiger partial charge in [-0.1, -0.05) is 399 Å². The molecular weight excluding hydrogens is 1190 g/mol. The Morgan fingerprint density at radius 2 is 0.579 bits per heavy atom. The summed E-state index contributed by atoms with van der Waals surface area (Å²) in [6.45, 7) is 3.65. The van der Waals surface area contributed by atoms with Gasteiger partial charge in [0, 0.05) is 19.4 Å². The average Bonchev–Trinajstić information content (AvgIpc) is 3.25. The Balaban J connectivity index is 3.82. The van der Waals surface area contributed by atoms with E-state index in [2.05, 4.69) is 123 Å². The zero-order valence-corrected chi connectivity index (χ0v) is 63.0. The van der Waals surface area contributed by atoms with Crippen LogP contribution in [0.15, 0.2) is 109 Å². The fraction of sp³-hybridized carbons (Fsp3) is 0.765. The van der Waals surface area contributed by atoms with Crippen molar-refractivity contribution in [2.45, 2.75) is 392 Å². The van der Waals surface area contributed by atoms with E-state index in [1.54, 1.807) is 0 Å². The number of nitrogens with two attached hydrogens (primary N) is 1. The molecule has 95 heavy (non-hydrogen) atoms. The van der Waals surface area contributed by atoms with Crippen LogP contribution in [0, 0.1) is 0 Å². The fourth-order valence-corrected chi connectivity index (χ4v) is 12.5. The van der Waals surface area contributed by atoms with Crippen LogP contribution in [0.1, 0.15) is 386 Å². The third-order valence-electron chi connectivity index (χ3n) is 17.7. The van der Waals surface area contributed by atoms with Crippen molar-refractivity contribution in [3.05, 3.63) is 109 Å². The maximum Gasteiger partial charge on any atom is 0.472 e. The zero-order chi connectivity index (χ0) is 68.6. The molecule has 0 amide bonds. The predicted molar refractivity (Wildman–Crippen MR) is 413 cm³/mol. The molecule has 0 fully saturated rings. The molecule has 0 saturated heterocycles. The standard InChI is InChI=1S/C85H152NO8P/c1-3-5-7-9-11-13-15-17-19-21-23-25-27-29-31-33-35-37-38-39-40-41-42-43-44-46-47-49-51-53-55-57-59-61-63-65-67-69-71-73-75-77-84(87)91-81-83(82-93-95(89,90)92-80-79-86)94-85(88)78-76-74-72-70-68-66-64-62-60-58-56-54-52-50-48-45-36-34-32-30-28-26-24-22-20-18-16-14-12-10-8-6-4-2/h6,8,12,14,18,20,24,26,30,32,36,45,50,52,56,58,62,64,83H,3-5,7,9-11,13,15-17,19,21-23,25,27-29,31,33-35,37-44,46-49,51,53-55,57,59-61,63,65-82,86H2,1-2H3,(H,89,90)/b8-6-,14-12-,20-18-,26-24-,32-30-,45-36-,52-50-,58-56-,64-62-. The number of ether oxygens (including phenoxy) is 2. The van der Waals surface area contributed by atoms with Crippen molar-refractivity contribution in [3.63, 3.8) is 0 Å². The van der Waals surface area contributed by atoms with Crippen LogP contribution in [-0.4, -0.2) is 49.3 Å². The number of hydrogen-bond donors (Lipinski definition) is 2. The van der Waals surface area contributed by atoms with Crippen molar-refractivity contribution >= 4 is 19.8 Å². The topological polar surface area (TPSA) is 134 Å². The Labute approximate surface area is 588 Å². The quantitative estimate of drug-likeness (QED) is 0.0264. The summed E-state index contributed by atoms with van der Waals surface area (Å²) < 4.78 is 33.2. The summed E-state index contributed by atoms with van der Waals surface area (Å²) in [6.07, 6.45) is 111. The van der Waals surface area contributed by atoms with E-state index in [-0.39, 0.29) is 38.6 Å². The Morgan fingerprint density at radius 3 is 0.863 bits per heavy atom. The molecule has 0 saturated carbocycles. The number of carbonyl (C=O) groups is 2. The van der Waals surface area contributed by atoms with Gasteiger partial charge < -0.3 is 20.1 Å². The molecule has 0 aromatic carbocycles. The largest absolute Gasteiger partial charge is 0.472 e. The third-order valence-corrected chi connectivity index (χ3v) is 18.7. The number of phosphoric ester groups is 1. The summed E-state index contributed by atoms with van der Waals surface area (Å²) in [5, 5.41) is 0. The van der Waals surface area contributed by atoms with E-state index < -0.39 is 26.5 Å². The Bertz CT molecular complexity index is 1930. The molecule has 0 aromatic rings. The van der Waals surface area contributed by atoms with Crippen LogP contribution in [0.3, 0.4) is 0 Å².